The maximum Gasteiger partial charge on any atom is 0.130 e. The first kappa shape index (κ1) is 28.3. The quantitative estimate of drug-likeness (QED) is 0.173. The van der Waals surface area contributed by atoms with Crippen LogP contribution in [0.5, 0.6) is 23.0 Å². The van der Waals surface area contributed by atoms with E-state index < -0.39 is 0 Å². The summed E-state index contributed by atoms with van der Waals surface area (Å²) >= 11 is 0. The second-order valence-electron chi connectivity index (χ2n) is 10.2. The third-order valence-electron chi connectivity index (χ3n) is 7.24. The molecule has 0 fully saturated rings. The maximum absolute atomic E-state index is 14.3. The zero-order valence-corrected chi connectivity index (χ0v) is 23.3. The summed E-state index contributed by atoms with van der Waals surface area (Å²) in [6.07, 6.45) is 5.01. The van der Waals surface area contributed by atoms with Gasteiger partial charge in [-0.1, -0.05) is 0 Å². The molecule has 0 bridgehead atoms. The van der Waals surface area contributed by atoms with Crippen LogP contribution in [0.4, 0.5) is 8.78 Å². The van der Waals surface area contributed by atoms with Gasteiger partial charge in [-0.05, 0) is 103 Å². The Labute approximate surface area is 246 Å². The van der Waals surface area contributed by atoms with E-state index in [0.717, 1.165) is 21.8 Å². The number of benzene rings is 4. The Hall–Kier alpha value is -4.80. The summed E-state index contributed by atoms with van der Waals surface area (Å²) in [5, 5.41) is 28.8. The molecule has 2 heterocycles. The van der Waals surface area contributed by atoms with Crippen molar-refractivity contribution in [3.63, 3.8) is 0 Å². The van der Waals surface area contributed by atoms with Crippen LogP contribution in [0.15, 0.2) is 85.2 Å². The molecule has 2 aromatic heterocycles. The van der Waals surface area contributed by atoms with Crippen molar-refractivity contribution in [1.82, 2.24) is 19.6 Å². The van der Waals surface area contributed by atoms with Gasteiger partial charge in [0, 0.05) is 10.8 Å². The van der Waals surface area contributed by atoms with E-state index in [4.69, 9.17) is 9.47 Å². The molecule has 0 saturated heterocycles. The fourth-order valence-electron chi connectivity index (χ4n) is 5.21. The Balaban J connectivity index is 1.16. The summed E-state index contributed by atoms with van der Waals surface area (Å²) in [4.78, 5) is 0. The van der Waals surface area contributed by atoms with Gasteiger partial charge in [0.15, 0.2) is 0 Å². The van der Waals surface area contributed by atoms with Gasteiger partial charge >= 0.3 is 0 Å². The van der Waals surface area contributed by atoms with Gasteiger partial charge in [-0.15, -0.1) is 0 Å². The molecule has 6 aromatic rings. The van der Waals surface area contributed by atoms with Crippen LogP contribution in [0.3, 0.4) is 0 Å². The number of halogens is 2. The Morgan fingerprint density at radius 3 is 1.51 bits per heavy atom. The number of hydrogen-bond acceptors (Lipinski definition) is 6. The molecular weight excluding hydrogens is 554 g/mol. The Morgan fingerprint density at radius 1 is 0.605 bits per heavy atom. The van der Waals surface area contributed by atoms with Gasteiger partial charge in [0.25, 0.3) is 0 Å². The van der Waals surface area contributed by atoms with Crippen molar-refractivity contribution in [2.45, 2.75) is 32.4 Å². The predicted molar refractivity (Wildman–Crippen MR) is 159 cm³/mol. The van der Waals surface area contributed by atoms with E-state index >= 15 is 0 Å². The number of fused-ring (bicyclic) bond motifs is 2. The zero-order chi connectivity index (χ0) is 29.8. The lowest BCUT2D eigenvalue weighted by Gasteiger charge is -2.14. The van der Waals surface area contributed by atoms with Crippen LogP contribution in [0.25, 0.3) is 21.8 Å². The average molecular weight is 585 g/mol. The Bertz CT molecular complexity index is 1750. The van der Waals surface area contributed by atoms with Crippen molar-refractivity contribution in [2.24, 2.45) is 0 Å². The van der Waals surface area contributed by atoms with Gasteiger partial charge < -0.3 is 19.7 Å². The van der Waals surface area contributed by atoms with Crippen molar-refractivity contribution in [3.8, 4) is 23.0 Å². The molecule has 4 aromatic carbocycles. The number of aromatic nitrogens is 4. The van der Waals surface area contributed by atoms with E-state index in [0.29, 0.717) is 66.5 Å². The van der Waals surface area contributed by atoms with Crippen molar-refractivity contribution in [3.05, 3.63) is 108 Å². The topological polar surface area (TPSA) is 94.6 Å². The molecule has 43 heavy (non-hydrogen) atoms. The van der Waals surface area contributed by atoms with Crippen LogP contribution in [-0.4, -0.2) is 43.0 Å². The number of aliphatic hydroxyl groups excluding tert-OH is 2. The fourth-order valence-corrected chi connectivity index (χ4v) is 5.21. The first-order valence-electron chi connectivity index (χ1n) is 14.1. The average Bonchev–Trinajstić information content (AvgIpc) is 3.59. The van der Waals surface area contributed by atoms with Crippen molar-refractivity contribution < 1.29 is 28.5 Å². The molecule has 0 spiro atoms. The lowest BCUT2D eigenvalue weighted by atomic mass is 10.0. The summed E-state index contributed by atoms with van der Waals surface area (Å²) in [5.74, 6) is 1.52. The van der Waals surface area contributed by atoms with Crippen molar-refractivity contribution in [2.75, 3.05) is 13.2 Å². The SMILES string of the molecule is OCCn1ncc2cc(Oc3ccc(F)cc3CCCc3cc(F)ccc3Oc3ccc4c(cnn4CCO)c3)ccc21. The highest BCUT2D eigenvalue weighted by atomic mass is 19.1. The van der Waals surface area contributed by atoms with Crippen molar-refractivity contribution >= 4 is 21.8 Å². The van der Waals surface area contributed by atoms with Gasteiger partial charge in [-0.3, -0.25) is 9.36 Å². The third-order valence-corrected chi connectivity index (χ3v) is 7.24. The smallest absolute Gasteiger partial charge is 0.130 e. The monoisotopic (exact) mass is 584 g/mol. The number of aliphatic hydroxyl groups is 2. The van der Waals surface area contributed by atoms with Gasteiger partial charge in [0.2, 0.25) is 0 Å². The number of nitrogens with zero attached hydrogens (tertiary/aromatic N) is 4. The number of aryl methyl sites for hydroxylation is 2. The highest BCUT2D eigenvalue weighted by molar-refractivity contribution is 5.81. The summed E-state index contributed by atoms with van der Waals surface area (Å²) in [7, 11) is 0. The molecule has 0 aliphatic carbocycles. The van der Waals surface area contributed by atoms with Crippen molar-refractivity contribution in [1.29, 1.82) is 0 Å². The molecule has 0 atom stereocenters. The molecule has 0 unspecified atom stereocenters. The van der Waals surface area contributed by atoms with Crippen LogP contribution in [-0.2, 0) is 25.9 Å². The predicted octanol–water partition coefficient (Wildman–Crippen LogP) is 6.41. The first-order valence-corrected chi connectivity index (χ1v) is 14.1. The number of hydrogen-bond donors (Lipinski definition) is 2. The van der Waals surface area contributed by atoms with Gasteiger partial charge in [-0.25, -0.2) is 8.78 Å². The first-order chi connectivity index (χ1) is 21.0. The van der Waals surface area contributed by atoms with Crippen LogP contribution in [0.1, 0.15) is 17.5 Å². The summed E-state index contributed by atoms with van der Waals surface area (Å²) < 4.78 is 44.3. The zero-order valence-electron chi connectivity index (χ0n) is 23.3. The lowest BCUT2D eigenvalue weighted by molar-refractivity contribution is 0.271. The van der Waals surface area contributed by atoms with Gasteiger partial charge in [0.1, 0.15) is 34.6 Å². The molecule has 10 heteroatoms. The Kier molecular flexibility index (Phi) is 8.30. The third kappa shape index (κ3) is 6.35. The minimum Gasteiger partial charge on any atom is -0.457 e. The van der Waals surface area contributed by atoms with Crippen LogP contribution < -0.4 is 9.47 Å². The molecule has 6 rings (SSSR count). The van der Waals surface area contributed by atoms with Gasteiger partial charge in [0.05, 0.1) is 49.7 Å². The van der Waals surface area contributed by atoms with E-state index in [1.54, 1.807) is 33.9 Å². The van der Waals surface area contributed by atoms with E-state index in [9.17, 15) is 19.0 Å². The lowest BCUT2D eigenvalue weighted by Crippen LogP contribution is -2.03. The molecule has 0 radical (unpaired) electrons. The molecule has 0 aliphatic heterocycles. The second kappa shape index (κ2) is 12.6. The minimum atomic E-state index is -0.365. The maximum atomic E-state index is 14.3. The van der Waals surface area contributed by atoms with Crippen LogP contribution >= 0.6 is 0 Å². The number of ether oxygens (including phenoxy) is 2. The highest BCUT2D eigenvalue weighted by Gasteiger charge is 2.13. The van der Waals surface area contributed by atoms with E-state index in [1.807, 2.05) is 36.4 Å². The van der Waals surface area contributed by atoms with Crippen LogP contribution in [0, 0.1) is 11.6 Å². The highest BCUT2D eigenvalue weighted by Crippen LogP contribution is 2.32. The van der Waals surface area contributed by atoms with E-state index in [1.165, 1.54) is 24.3 Å². The normalized spacial score (nSPS) is 11.4. The Morgan fingerprint density at radius 2 is 1.07 bits per heavy atom. The largest absolute Gasteiger partial charge is 0.457 e. The molecule has 220 valence electrons. The molecular formula is C33H30F2N4O4. The standard InChI is InChI=1S/C33H30F2N4O4/c34-26-4-10-32(42-28-6-8-30-24(18-28)20-36-38(30)12-14-40)22(16-26)2-1-3-23-17-27(35)5-11-33(23)43-29-7-9-31-25(19-29)21-37-39(31)13-15-41/h4-11,16-21,40-41H,1-3,12-15H2. The van der Waals surface area contributed by atoms with Gasteiger partial charge in [-0.2, -0.15) is 10.2 Å². The summed E-state index contributed by atoms with van der Waals surface area (Å²) in [5.41, 5.74) is 3.15. The second-order valence-corrected chi connectivity index (χ2v) is 10.2. The molecule has 8 nitrogen and oxygen atoms in total. The fraction of sp³-hybridized carbons (Fsp3) is 0.212. The van der Waals surface area contributed by atoms with E-state index in [-0.39, 0.29) is 24.8 Å². The molecule has 0 amide bonds. The summed E-state index contributed by atoms with van der Waals surface area (Å²) in [6, 6.07) is 20.0. The van der Waals surface area contributed by atoms with Crippen LogP contribution in [0.2, 0.25) is 0 Å². The number of rotatable bonds is 12. The summed E-state index contributed by atoms with van der Waals surface area (Å²) in [6.45, 7) is 0.781. The molecule has 0 saturated carbocycles. The van der Waals surface area contributed by atoms with E-state index in [2.05, 4.69) is 10.2 Å². The minimum absolute atomic E-state index is 0.00840. The molecule has 0 aliphatic rings. The molecule has 2 N–H and O–H groups in total.